The highest BCUT2D eigenvalue weighted by molar-refractivity contribution is 14.0. The van der Waals surface area contributed by atoms with Gasteiger partial charge in [0.2, 0.25) is 0 Å². The first kappa shape index (κ1) is 26.9. The Balaban J connectivity index is 0.00000420. The summed E-state index contributed by atoms with van der Waals surface area (Å²) >= 11 is 0. The predicted octanol–water partition coefficient (Wildman–Crippen LogP) is 3.74. The Morgan fingerprint density at radius 1 is 1.10 bits per heavy atom. The van der Waals surface area contributed by atoms with Gasteiger partial charge in [0.25, 0.3) is 0 Å². The van der Waals surface area contributed by atoms with E-state index >= 15 is 0 Å². The number of aliphatic imine (C=N–C) groups is 1. The van der Waals surface area contributed by atoms with Crippen LogP contribution < -0.4 is 5.32 Å². The van der Waals surface area contributed by atoms with E-state index in [1.165, 1.54) is 51.7 Å². The number of nitrogens with zero attached hydrogens (tertiary/aromatic N) is 3. The van der Waals surface area contributed by atoms with E-state index in [4.69, 9.17) is 9.47 Å². The second-order valence-corrected chi connectivity index (χ2v) is 8.18. The highest BCUT2D eigenvalue weighted by atomic mass is 127. The van der Waals surface area contributed by atoms with E-state index in [0.717, 1.165) is 58.1 Å². The summed E-state index contributed by atoms with van der Waals surface area (Å²) in [6.07, 6.45) is 10.1. The number of guanidine groups is 1. The van der Waals surface area contributed by atoms with Crippen molar-refractivity contribution in [3.63, 3.8) is 0 Å². The zero-order chi connectivity index (χ0) is 20.0. The van der Waals surface area contributed by atoms with Crippen molar-refractivity contribution in [1.82, 2.24) is 15.1 Å². The highest BCUT2D eigenvalue weighted by Crippen LogP contribution is 2.17. The van der Waals surface area contributed by atoms with Gasteiger partial charge in [0.15, 0.2) is 5.96 Å². The molecule has 2 saturated heterocycles. The zero-order valence-corrected chi connectivity index (χ0v) is 21.4. The third kappa shape index (κ3) is 10.6. The van der Waals surface area contributed by atoms with Gasteiger partial charge in [0, 0.05) is 33.3 Å². The van der Waals surface area contributed by atoms with Crippen LogP contribution in [0.25, 0.3) is 0 Å². The lowest BCUT2D eigenvalue weighted by Gasteiger charge is -2.35. The van der Waals surface area contributed by atoms with Crippen molar-refractivity contribution in [2.45, 2.75) is 77.4 Å². The minimum Gasteiger partial charge on any atom is -0.376 e. The molecule has 0 bridgehead atoms. The molecule has 0 aromatic rings. The van der Waals surface area contributed by atoms with E-state index in [9.17, 15) is 0 Å². The summed E-state index contributed by atoms with van der Waals surface area (Å²) in [5.74, 6) is 1.05. The van der Waals surface area contributed by atoms with Crippen molar-refractivity contribution in [2.75, 3.05) is 59.5 Å². The van der Waals surface area contributed by atoms with Crippen LogP contribution in [0.2, 0.25) is 0 Å². The van der Waals surface area contributed by atoms with E-state index in [2.05, 4.69) is 34.0 Å². The maximum absolute atomic E-state index is 6.14. The number of nitrogens with one attached hydrogen (secondary N) is 1. The quantitative estimate of drug-likeness (QED) is 0.193. The molecule has 2 aliphatic heterocycles. The molecule has 0 amide bonds. The van der Waals surface area contributed by atoms with Gasteiger partial charge in [-0.2, -0.15) is 0 Å². The van der Waals surface area contributed by atoms with Crippen LogP contribution in [-0.2, 0) is 9.47 Å². The van der Waals surface area contributed by atoms with Crippen molar-refractivity contribution < 1.29 is 9.47 Å². The maximum atomic E-state index is 6.14. The Labute approximate surface area is 196 Å². The number of rotatable bonds is 11. The van der Waals surface area contributed by atoms with Gasteiger partial charge in [-0.3, -0.25) is 4.99 Å². The van der Waals surface area contributed by atoms with Crippen LogP contribution in [0, 0.1) is 0 Å². The lowest BCUT2D eigenvalue weighted by atomic mass is 10.1. The normalized spacial score (nSPS) is 21.3. The molecule has 0 saturated carbocycles. The van der Waals surface area contributed by atoms with Crippen molar-refractivity contribution >= 4 is 29.9 Å². The number of hydrogen-bond donors (Lipinski definition) is 1. The molecule has 2 aliphatic rings. The van der Waals surface area contributed by atoms with Crippen molar-refractivity contribution in [3.8, 4) is 0 Å². The van der Waals surface area contributed by atoms with Crippen molar-refractivity contribution in [3.05, 3.63) is 0 Å². The first-order valence-electron chi connectivity index (χ1n) is 11.7. The third-order valence-electron chi connectivity index (χ3n) is 5.76. The molecule has 0 aromatic heterocycles. The Morgan fingerprint density at radius 3 is 2.41 bits per heavy atom. The van der Waals surface area contributed by atoms with Crippen LogP contribution in [0.1, 0.15) is 65.2 Å². The van der Waals surface area contributed by atoms with Gasteiger partial charge in [-0.1, -0.05) is 13.8 Å². The van der Waals surface area contributed by atoms with Gasteiger partial charge < -0.3 is 24.6 Å². The van der Waals surface area contributed by atoms with E-state index in [-0.39, 0.29) is 24.0 Å². The molecule has 0 aliphatic carbocycles. The average Bonchev–Trinajstić information content (AvgIpc) is 2.74. The highest BCUT2D eigenvalue weighted by Gasteiger charge is 2.23. The Hall–Kier alpha value is -0.120. The number of hydrogen-bond acceptors (Lipinski definition) is 4. The molecule has 1 atom stereocenters. The number of piperidine rings is 1. The van der Waals surface area contributed by atoms with Crippen molar-refractivity contribution in [1.29, 1.82) is 0 Å². The fourth-order valence-electron chi connectivity index (χ4n) is 4.22. The van der Waals surface area contributed by atoms with Crippen LogP contribution in [-0.4, -0.2) is 87.5 Å². The minimum absolute atomic E-state index is 0. The van der Waals surface area contributed by atoms with E-state index < -0.39 is 0 Å². The Bertz CT molecular complexity index is 419. The van der Waals surface area contributed by atoms with Gasteiger partial charge in [0.1, 0.15) is 0 Å². The molecule has 0 radical (unpaired) electrons. The van der Waals surface area contributed by atoms with Crippen LogP contribution in [0.15, 0.2) is 4.99 Å². The summed E-state index contributed by atoms with van der Waals surface area (Å²) in [4.78, 5) is 9.46. The second kappa shape index (κ2) is 16.6. The topological polar surface area (TPSA) is 49.3 Å². The average molecular weight is 525 g/mol. The number of likely N-dealkylation sites (tertiary alicyclic amines) is 1. The molecule has 2 fully saturated rings. The summed E-state index contributed by atoms with van der Waals surface area (Å²) in [6.45, 7) is 12.8. The molecular weight excluding hydrogens is 479 g/mol. The molecule has 2 rings (SSSR count). The fourth-order valence-corrected chi connectivity index (χ4v) is 4.22. The standard InChI is InChI=1S/C22H44N4O2.HI/c1-4-13-25(14-5-2)15-8-12-24-22(23-3)26-16-10-20(11-17-26)28-19-21-9-6-7-18-27-21;/h20-21H,4-19H2,1-3H3,(H,23,24);1H. The Morgan fingerprint density at radius 2 is 1.83 bits per heavy atom. The van der Waals surface area contributed by atoms with Gasteiger partial charge in [0.05, 0.1) is 18.8 Å². The lowest BCUT2D eigenvalue weighted by Crippen LogP contribution is -2.47. The molecule has 0 spiro atoms. The van der Waals surface area contributed by atoms with Gasteiger partial charge >= 0.3 is 0 Å². The van der Waals surface area contributed by atoms with Crippen LogP contribution in [0.3, 0.4) is 0 Å². The zero-order valence-electron chi connectivity index (χ0n) is 19.0. The molecule has 0 aromatic carbocycles. The number of ether oxygens (including phenoxy) is 2. The van der Waals surface area contributed by atoms with Gasteiger partial charge in [-0.15, -0.1) is 24.0 Å². The summed E-state index contributed by atoms with van der Waals surface area (Å²) in [5.41, 5.74) is 0. The molecule has 1 N–H and O–H groups in total. The van der Waals surface area contributed by atoms with Crippen LogP contribution in [0.5, 0.6) is 0 Å². The van der Waals surface area contributed by atoms with Gasteiger partial charge in [-0.25, -0.2) is 0 Å². The SMILES string of the molecule is CCCN(CCC)CCCNC(=NC)N1CCC(OCC2CCCCO2)CC1.I. The maximum Gasteiger partial charge on any atom is 0.193 e. The lowest BCUT2D eigenvalue weighted by molar-refractivity contribution is -0.0721. The molecule has 7 heteroatoms. The minimum atomic E-state index is 0. The fraction of sp³-hybridized carbons (Fsp3) is 0.955. The second-order valence-electron chi connectivity index (χ2n) is 8.18. The smallest absolute Gasteiger partial charge is 0.193 e. The van der Waals surface area contributed by atoms with E-state index in [1.54, 1.807) is 0 Å². The monoisotopic (exact) mass is 524 g/mol. The summed E-state index contributed by atoms with van der Waals surface area (Å²) in [7, 11) is 1.89. The first-order valence-corrected chi connectivity index (χ1v) is 11.7. The summed E-state index contributed by atoms with van der Waals surface area (Å²) < 4.78 is 11.9. The van der Waals surface area contributed by atoms with E-state index in [0.29, 0.717) is 12.2 Å². The largest absolute Gasteiger partial charge is 0.376 e. The third-order valence-corrected chi connectivity index (χ3v) is 5.76. The molecule has 29 heavy (non-hydrogen) atoms. The van der Waals surface area contributed by atoms with Crippen LogP contribution >= 0.6 is 24.0 Å². The van der Waals surface area contributed by atoms with Gasteiger partial charge in [-0.05, 0) is 71.0 Å². The summed E-state index contributed by atoms with van der Waals surface area (Å²) in [5, 5.41) is 3.57. The predicted molar refractivity (Wildman–Crippen MR) is 133 cm³/mol. The molecule has 172 valence electrons. The first-order chi connectivity index (χ1) is 13.8. The van der Waals surface area contributed by atoms with Crippen LogP contribution in [0.4, 0.5) is 0 Å². The molecule has 6 nitrogen and oxygen atoms in total. The van der Waals surface area contributed by atoms with E-state index in [1.807, 2.05) is 7.05 Å². The number of halogens is 1. The summed E-state index contributed by atoms with van der Waals surface area (Å²) in [6, 6.07) is 0. The molecular formula is C22H45IN4O2. The molecule has 1 unspecified atom stereocenters. The van der Waals surface area contributed by atoms with Crippen molar-refractivity contribution in [2.24, 2.45) is 4.99 Å². The Kier molecular flexibility index (Phi) is 15.4. The molecule has 2 heterocycles.